The Balaban J connectivity index is 2.12. The molecule has 0 radical (unpaired) electrons. The number of ether oxygens (including phenoxy) is 2. The molecule has 1 aromatic heterocycles. The first kappa shape index (κ1) is 20.7. The summed E-state index contributed by atoms with van der Waals surface area (Å²) in [5, 5.41) is 0. The van der Waals surface area contributed by atoms with E-state index in [0.717, 1.165) is 0 Å². The van der Waals surface area contributed by atoms with E-state index >= 15 is 0 Å². The van der Waals surface area contributed by atoms with Crippen LogP contribution in [0.4, 0.5) is 8.78 Å². The van der Waals surface area contributed by atoms with E-state index in [4.69, 9.17) is 4.74 Å². The summed E-state index contributed by atoms with van der Waals surface area (Å²) in [6.45, 7) is 1.57. The van der Waals surface area contributed by atoms with E-state index in [1.54, 1.807) is 25.1 Å². The zero-order chi connectivity index (χ0) is 21.2. The van der Waals surface area contributed by atoms with Gasteiger partial charge in [-0.3, -0.25) is 4.79 Å². The van der Waals surface area contributed by atoms with Crippen molar-refractivity contribution in [1.29, 1.82) is 0 Å². The zero-order valence-electron chi connectivity index (χ0n) is 15.5. The lowest BCUT2D eigenvalue weighted by Gasteiger charge is -2.22. The molecule has 0 saturated heterocycles. The number of alkyl halides is 2. The van der Waals surface area contributed by atoms with Gasteiger partial charge in [0.25, 0.3) is 5.56 Å². The number of carbonyl (C=O) groups excluding carboxylic acids is 1. The van der Waals surface area contributed by atoms with E-state index in [9.17, 15) is 18.4 Å². The smallest absolute Gasteiger partial charge is 0.426 e. The van der Waals surface area contributed by atoms with Crippen molar-refractivity contribution in [2.24, 2.45) is 0 Å². The second kappa shape index (κ2) is 8.16. The van der Waals surface area contributed by atoms with Crippen LogP contribution < -0.4 is 10.3 Å². The highest BCUT2D eigenvalue weighted by molar-refractivity contribution is 9.10. The summed E-state index contributed by atoms with van der Waals surface area (Å²) in [6, 6.07) is 13.1. The molecule has 5 nitrogen and oxygen atoms in total. The molecule has 0 unspecified atom stereocenters. The van der Waals surface area contributed by atoms with Crippen molar-refractivity contribution in [2.75, 3.05) is 7.11 Å². The molecule has 0 amide bonds. The van der Waals surface area contributed by atoms with Crippen LogP contribution in [0.15, 0.2) is 63.9 Å². The molecule has 0 aliphatic carbocycles. The minimum atomic E-state index is -3.68. The molecule has 0 aliphatic rings. The molecule has 0 fully saturated rings. The largest absolute Gasteiger partial charge is 0.465 e. The number of hydrogen-bond donors (Lipinski definition) is 1. The molecular formula is C21H16BrF2NO4. The molecule has 0 atom stereocenters. The fourth-order valence-electron chi connectivity index (χ4n) is 2.82. The number of methoxy groups -OCH3 is 1. The number of esters is 1. The van der Waals surface area contributed by atoms with Gasteiger partial charge in [-0.2, -0.15) is 8.78 Å². The molecule has 0 aliphatic heterocycles. The van der Waals surface area contributed by atoms with Gasteiger partial charge in [-0.05, 0) is 52.7 Å². The molecule has 0 saturated carbocycles. The van der Waals surface area contributed by atoms with Gasteiger partial charge in [-0.25, -0.2) is 4.79 Å². The average Bonchev–Trinajstić information content (AvgIpc) is 2.72. The van der Waals surface area contributed by atoms with Crippen LogP contribution in [0.25, 0.3) is 11.1 Å². The fraction of sp³-hybridized carbons (Fsp3) is 0.143. The lowest BCUT2D eigenvalue weighted by molar-refractivity contribution is -0.185. The molecule has 8 heteroatoms. The third kappa shape index (κ3) is 4.22. The van der Waals surface area contributed by atoms with Crippen LogP contribution in [0.2, 0.25) is 0 Å². The number of H-pyrrole nitrogens is 1. The molecule has 0 spiro atoms. The molecule has 0 bridgehead atoms. The number of halogens is 3. The van der Waals surface area contributed by atoms with Crippen LogP contribution >= 0.6 is 15.9 Å². The van der Waals surface area contributed by atoms with E-state index in [2.05, 4.69) is 25.7 Å². The molecular weight excluding hydrogens is 448 g/mol. The van der Waals surface area contributed by atoms with E-state index < -0.39 is 17.6 Å². The van der Waals surface area contributed by atoms with E-state index in [0.29, 0.717) is 16.8 Å². The lowest BCUT2D eigenvalue weighted by Crippen LogP contribution is -2.24. The molecule has 3 aromatic rings. The van der Waals surface area contributed by atoms with Crippen LogP contribution in [-0.2, 0) is 10.8 Å². The summed E-state index contributed by atoms with van der Waals surface area (Å²) < 4.78 is 39.1. The minimum Gasteiger partial charge on any atom is -0.465 e. The number of benzene rings is 2. The second-order valence-electron chi connectivity index (χ2n) is 6.15. The van der Waals surface area contributed by atoms with Crippen molar-refractivity contribution in [3.8, 4) is 16.9 Å². The molecule has 1 heterocycles. The van der Waals surface area contributed by atoms with Gasteiger partial charge < -0.3 is 14.5 Å². The first-order chi connectivity index (χ1) is 13.7. The molecule has 1 N–H and O–H groups in total. The number of pyridine rings is 1. The van der Waals surface area contributed by atoms with E-state index in [1.807, 2.05) is 0 Å². The second-order valence-corrected chi connectivity index (χ2v) is 6.94. The number of hydrogen-bond acceptors (Lipinski definition) is 4. The lowest BCUT2D eigenvalue weighted by atomic mass is 10.0. The summed E-state index contributed by atoms with van der Waals surface area (Å²) in [5.74, 6) is -0.825. The van der Waals surface area contributed by atoms with E-state index in [1.165, 1.54) is 43.5 Å². The Hall–Kier alpha value is -3.00. The van der Waals surface area contributed by atoms with Crippen LogP contribution in [0.3, 0.4) is 0 Å². The number of aromatic nitrogens is 1. The number of nitrogens with one attached hydrogen (secondary N) is 1. The normalized spacial score (nSPS) is 11.2. The van der Waals surface area contributed by atoms with Gasteiger partial charge in [0.1, 0.15) is 4.47 Å². The van der Waals surface area contributed by atoms with Gasteiger partial charge in [0, 0.05) is 11.3 Å². The third-order valence-corrected chi connectivity index (χ3v) is 4.96. The maximum absolute atomic E-state index is 14.8. The molecule has 29 heavy (non-hydrogen) atoms. The van der Waals surface area contributed by atoms with Crippen molar-refractivity contribution >= 4 is 21.9 Å². The number of aryl methyl sites for hydroxylation is 1. The summed E-state index contributed by atoms with van der Waals surface area (Å²) in [5.41, 5.74) is 0.430. The summed E-state index contributed by atoms with van der Waals surface area (Å²) in [7, 11) is 1.26. The van der Waals surface area contributed by atoms with E-state index in [-0.39, 0.29) is 21.3 Å². The summed E-state index contributed by atoms with van der Waals surface area (Å²) >= 11 is 3.06. The van der Waals surface area contributed by atoms with Crippen molar-refractivity contribution < 1.29 is 23.0 Å². The Kier molecular flexibility index (Phi) is 5.83. The van der Waals surface area contributed by atoms with Crippen LogP contribution in [-0.4, -0.2) is 18.1 Å². The Morgan fingerprint density at radius 3 is 2.28 bits per heavy atom. The monoisotopic (exact) mass is 463 g/mol. The van der Waals surface area contributed by atoms with Crippen molar-refractivity contribution in [3.05, 3.63) is 86.2 Å². The molecule has 2 aromatic carbocycles. The predicted molar refractivity (Wildman–Crippen MR) is 107 cm³/mol. The first-order valence-corrected chi connectivity index (χ1v) is 9.27. The maximum Gasteiger partial charge on any atom is 0.426 e. The summed E-state index contributed by atoms with van der Waals surface area (Å²) in [4.78, 5) is 26.4. The number of aromatic amines is 1. The van der Waals surface area contributed by atoms with Gasteiger partial charge in [0.15, 0.2) is 5.75 Å². The quantitative estimate of drug-likeness (QED) is 0.538. The average molecular weight is 464 g/mol. The van der Waals surface area contributed by atoms with Gasteiger partial charge in [0.2, 0.25) is 0 Å². The van der Waals surface area contributed by atoms with Crippen LogP contribution in [0, 0.1) is 6.92 Å². The Morgan fingerprint density at radius 1 is 1.07 bits per heavy atom. The highest BCUT2D eigenvalue weighted by Crippen LogP contribution is 2.41. The maximum atomic E-state index is 14.8. The fourth-order valence-corrected chi connectivity index (χ4v) is 3.20. The minimum absolute atomic E-state index is 0.161. The molecule has 150 valence electrons. The highest BCUT2D eigenvalue weighted by atomic mass is 79.9. The summed E-state index contributed by atoms with van der Waals surface area (Å²) in [6.07, 6.45) is -3.68. The van der Waals surface area contributed by atoms with Gasteiger partial charge in [-0.15, -0.1) is 0 Å². The zero-order valence-corrected chi connectivity index (χ0v) is 17.0. The predicted octanol–water partition coefficient (Wildman–Crippen LogP) is 5.03. The highest BCUT2D eigenvalue weighted by Gasteiger charge is 2.36. The molecule has 3 rings (SSSR count). The topological polar surface area (TPSA) is 68.4 Å². The van der Waals surface area contributed by atoms with Crippen molar-refractivity contribution in [2.45, 2.75) is 13.0 Å². The third-order valence-electron chi connectivity index (χ3n) is 4.24. The Morgan fingerprint density at radius 2 is 1.69 bits per heavy atom. The van der Waals surface area contributed by atoms with Crippen molar-refractivity contribution in [1.82, 2.24) is 4.98 Å². The van der Waals surface area contributed by atoms with Crippen LogP contribution in [0.1, 0.15) is 21.6 Å². The number of carbonyl (C=O) groups is 1. The Labute approximate surface area is 173 Å². The number of rotatable bonds is 5. The standard InChI is InChI=1S/C21H16BrF2NO4/c1-12-16(13-8-10-14(11-9-13)20(27)28-2)18(17(22)19(26)25-12)29-21(23,24)15-6-4-3-5-7-15/h3-11H,1-2H3,(H,25,26). The van der Waals surface area contributed by atoms with Crippen molar-refractivity contribution in [3.63, 3.8) is 0 Å². The Bertz CT molecular complexity index is 1100. The van der Waals surface area contributed by atoms with Gasteiger partial charge in [-0.1, -0.05) is 30.3 Å². The van der Waals surface area contributed by atoms with Gasteiger partial charge in [0.05, 0.1) is 18.2 Å². The first-order valence-electron chi connectivity index (χ1n) is 8.48. The SMILES string of the molecule is COC(=O)c1ccc(-c2c(C)[nH]c(=O)c(Br)c2OC(F)(F)c2ccccc2)cc1. The van der Waals surface area contributed by atoms with Gasteiger partial charge >= 0.3 is 12.1 Å². The van der Waals surface area contributed by atoms with Crippen LogP contribution in [0.5, 0.6) is 5.75 Å².